The Morgan fingerprint density at radius 3 is 2.75 bits per heavy atom. The summed E-state index contributed by atoms with van der Waals surface area (Å²) >= 11 is 5.95. The molecule has 0 atom stereocenters. The summed E-state index contributed by atoms with van der Waals surface area (Å²) in [4.78, 5) is 12.0. The van der Waals surface area contributed by atoms with Crippen LogP contribution in [0.15, 0.2) is 18.2 Å². The Bertz CT molecular complexity index is 449. The molecule has 2 nitrogen and oxygen atoms in total. The number of nitrogens with one attached hydrogen (secondary N) is 1. The van der Waals surface area contributed by atoms with Gasteiger partial charge in [-0.05, 0) is 43.6 Å². The van der Waals surface area contributed by atoms with Crippen molar-refractivity contribution in [2.75, 3.05) is 13.1 Å². The van der Waals surface area contributed by atoms with Crippen molar-refractivity contribution in [2.45, 2.75) is 24.7 Å². The van der Waals surface area contributed by atoms with E-state index in [1.54, 1.807) is 0 Å². The van der Waals surface area contributed by atoms with Gasteiger partial charge in [-0.15, -0.1) is 0 Å². The largest absolute Gasteiger partial charge is 0.317 e. The van der Waals surface area contributed by atoms with Gasteiger partial charge in [-0.1, -0.05) is 17.7 Å². The molecule has 1 spiro atoms. The van der Waals surface area contributed by atoms with Crippen LogP contribution in [0.5, 0.6) is 0 Å². The average Bonchev–Trinajstić information content (AvgIpc) is 2.53. The zero-order valence-electron chi connectivity index (χ0n) is 9.05. The molecule has 0 amide bonds. The topological polar surface area (TPSA) is 29.1 Å². The summed E-state index contributed by atoms with van der Waals surface area (Å²) in [5.41, 5.74) is 2.18. The minimum absolute atomic E-state index is 0.0995. The smallest absolute Gasteiger partial charge is 0.164 e. The van der Waals surface area contributed by atoms with Crippen molar-refractivity contribution in [1.82, 2.24) is 5.32 Å². The maximum atomic E-state index is 12.0. The Balaban J connectivity index is 2.11. The van der Waals surface area contributed by atoms with Crippen molar-refractivity contribution in [1.29, 1.82) is 0 Å². The highest BCUT2D eigenvalue weighted by atomic mass is 35.5. The van der Waals surface area contributed by atoms with E-state index in [0.29, 0.717) is 11.4 Å². The minimum atomic E-state index is 0.0995. The summed E-state index contributed by atoms with van der Waals surface area (Å²) in [6, 6.07) is 5.78. The van der Waals surface area contributed by atoms with Gasteiger partial charge in [0.1, 0.15) is 0 Å². The summed E-state index contributed by atoms with van der Waals surface area (Å²) < 4.78 is 0. The number of carbonyl (C=O) groups excluding carboxylic acids is 1. The average molecular weight is 236 g/mol. The zero-order valence-corrected chi connectivity index (χ0v) is 9.81. The second-order valence-corrected chi connectivity index (χ2v) is 5.26. The molecule has 0 aromatic heterocycles. The maximum absolute atomic E-state index is 12.0. The predicted octanol–water partition coefficient (Wildman–Crippen LogP) is 2.55. The lowest BCUT2D eigenvalue weighted by molar-refractivity contribution is 0.0964. The molecule has 84 valence electrons. The van der Waals surface area contributed by atoms with Crippen molar-refractivity contribution in [3.63, 3.8) is 0 Å². The molecule has 1 aliphatic carbocycles. The molecule has 0 unspecified atom stereocenters. The van der Waals surface area contributed by atoms with Crippen molar-refractivity contribution in [3.8, 4) is 0 Å². The summed E-state index contributed by atoms with van der Waals surface area (Å²) in [5, 5.41) is 4.02. The summed E-state index contributed by atoms with van der Waals surface area (Å²) in [6.07, 6.45) is 2.80. The van der Waals surface area contributed by atoms with Gasteiger partial charge in [0.2, 0.25) is 0 Å². The van der Waals surface area contributed by atoms with Crippen LogP contribution in [0.25, 0.3) is 0 Å². The highest BCUT2D eigenvalue weighted by molar-refractivity contribution is 6.31. The number of carbonyl (C=O) groups is 1. The summed E-state index contributed by atoms with van der Waals surface area (Å²) in [6.45, 7) is 2.02. The first-order chi connectivity index (χ1) is 7.71. The Labute approximate surface area is 100.0 Å². The molecule has 0 saturated carbocycles. The van der Waals surface area contributed by atoms with Crippen LogP contribution in [0.2, 0.25) is 5.02 Å². The third-order valence-corrected chi connectivity index (χ3v) is 4.15. The fourth-order valence-corrected chi connectivity index (χ4v) is 3.23. The van der Waals surface area contributed by atoms with Crippen molar-refractivity contribution >= 4 is 17.4 Å². The van der Waals surface area contributed by atoms with E-state index in [1.807, 2.05) is 18.2 Å². The third kappa shape index (κ3) is 1.40. The molecule has 1 fully saturated rings. The number of benzene rings is 1. The van der Waals surface area contributed by atoms with Gasteiger partial charge in [0.05, 0.1) is 0 Å². The first kappa shape index (κ1) is 10.3. The van der Waals surface area contributed by atoms with Gasteiger partial charge in [0, 0.05) is 22.4 Å². The quantitative estimate of drug-likeness (QED) is 0.749. The van der Waals surface area contributed by atoms with E-state index >= 15 is 0 Å². The van der Waals surface area contributed by atoms with Crippen LogP contribution in [0.3, 0.4) is 0 Å². The SMILES string of the molecule is O=C1CC2(CCNCC2)c2ccc(Cl)cc21. The number of fused-ring (bicyclic) bond motifs is 2. The first-order valence-corrected chi connectivity index (χ1v) is 6.13. The van der Waals surface area contributed by atoms with Crippen LogP contribution in [0.4, 0.5) is 0 Å². The Morgan fingerprint density at radius 2 is 2.00 bits per heavy atom. The van der Waals surface area contributed by atoms with Gasteiger partial charge < -0.3 is 5.32 Å². The second-order valence-electron chi connectivity index (χ2n) is 4.82. The zero-order chi connectivity index (χ0) is 11.2. The number of hydrogen-bond donors (Lipinski definition) is 1. The van der Waals surface area contributed by atoms with E-state index in [4.69, 9.17) is 11.6 Å². The molecular formula is C13H14ClNO. The Hall–Kier alpha value is -0.860. The van der Waals surface area contributed by atoms with Gasteiger partial charge in [0.15, 0.2) is 5.78 Å². The lowest BCUT2D eigenvalue weighted by atomic mass is 9.74. The predicted molar refractivity (Wildman–Crippen MR) is 64.2 cm³/mol. The van der Waals surface area contributed by atoms with Crippen LogP contribution in [0.1, 0.15) is 35.2 Å². The molecule has 2 aliphatic rings. The molecule has 0 bridgehead atoms. The van der Waals surface area contributed by atoms with E-state index < -0.39 is 0 Å². The normalized spacial score (nSPS) is 22.4. The van der Waals surface area contributed by atoms with Gasteiger partial charge in [-0.25, -0.2) is 0 Å². The van der Waals surface area contributed by atoms with E-state index in [2.05, 4.69) is 5.32 Å². The van der Waals surface area contributed by atoms with Gasteiger partial charge in [-0.3, -0.25) is 4.79 Å². The number of hydrogen-bond acceptors (Lipinski definition) is 2. The monoisotopic (exact) mass is 235 g/mol. The summed E-state index contributed by atoms with van der Waals surface area (Å²) in [7, 11) is 0. The molecule has 1 heterocycles. The lowest BCUT2D eigenvalue weighted by Gasteiger charge is -2.34. The van der Waals surface area contributed by atoms with Gasteiger partial charge >= 0.3 is 0 Å². The molecule has 0 radical (unpaired) electrons. The molecule has 3 rings (SSSR count). The molecular weight excluding hydrogens is 222 g/mol. The highest BCUT2D eigenvalue weighted by Crippen LogP contribution is 2.45. The van der Waals surface area contributed by atoms with Crippen molar-refractivity contribution in [2.24, 2.45) is 0 Å². The second kappa shape index (κ2) is 3.57. The number of rotatable bonds is 0. The molecule has 1 N–H and O–H groups in total. The number of Topliss-reactive ketones (excluding diaryl/α,β-unsaturated/α-hetero) is 1. The third-order valence-electron chi connectivity index (χ3n) is 3.91. The highest BCUT2D eigenvalue weighted by Gasteiger charge is 2.43. The van der Waals surface area contributed by atoms with Crippen LogP contribution >= 0.6 is 11.6 Å². The van der Waals surface area contributed by atoms with Crippen molar-refractivity contribution in [3.05, 3.63) is 34.3 Å². The van der Waals surface area contributed by atoms with E-state index in [0.717, 1.165) is 31.5 Å². The van der Waals surface area contributed by atoms with Crippen LogP contribution in [-0.2, 0) is 5.41 Å². The minimum Gasteiger partial charge on any atom is -0.317 e. The van der Waals surface area contributed by atoms with Crippen LogP contribution < -0.4 is 5.32 Å². The van der Waals surface area contributed by atoms with Gasteiger partial charge in [-0.2, -0.15) is 0 Å². The Kier molecular flexibility index (Phi) is 2.30. The first-order valence-electron chi connectivity index (χ1n) is 5.75. The number of ketones is 1. The molecule has 3 heteroatoms. The molecule has 16 heavy (non-hydrogen) atoms. The fourth-order valence-electron chi connectivity index (χ4n) is 3.06. The van der Waals surface area contributed by atoms with Crippen LogP contribution in [-0.4, -0.2) is 18.9 Å². The Morgan fingerprint density at radius 1 is 1.25 bits per heavy atom. The number of piperidine rings is 1. The molecule has 1 aromatic rings. The van der Waals surface area contributed by atoms with E-state index in [9.17, 15) is 4.79 Å². The molecule has 1 aliphatic heterocycles. The maximum Gasteiger partial charge on any atom is 0.164 e. The van der Waals surface area contributed by atoms with E-state index in [1.165, 1.54) is 5.56 Å². The van der Waals surface area contributed by atoms with E-state index in [-0.39, 0.29) is 11.2 Å². The fraction of sp³-hybridized carbons (Fsp3) is 0.462. The van der Waals surface area contributed by atoms with Crippen LogP contribution in [0, 0.1) is 0 Å². The molecule has 1 saturated heterocycles. The summed E-state index contributed by atoms with van der Waals surface area (Å²) in [5.74, 6) is 0.263. The molecule has 1 aromatic carbocycles. The van der Waals surface area contributed by atoms with Gasteiger partial charge in [0.25, 0.3) is 0 Å². The lowest BCUT2D eigenvalue weighted by Crippen LogP contribution is -2.38. The number of halogens is 1. The van der Waals surface area contributed by atoms with Crippen molar-refractivity contribution < 1.29 is 4.79 Å². The standard InChI is InChI=1S/C13H14ClNO/c14-9-1-2-11-10(7-9)12(16)8-13(11)3-5-15-6-4-13/h1-2,7,15H,3-6,8H2.